The molecular formula is C19H18F3N3O3. The molecule has 0 aliphatic heterocycles. The van der Waals surface area contributed by atoms with E-state index in [0.717, 1.165) is 12.1 Å². The van der Waals surface area contributed by atoms with Gasteiger partial charge < -0.3 is 13.8 Å². The first kappa shape index (κ1) is 19.7. The Morgan fingerprint density at radius 3 is 2.50 bits per heavy atom. The number of nitrogens with zero attached hydrogens (tertiary/aromatic N) is 3. The Balaban J connectivity index is 1.66. The van der Waals surface area contributed by atoms with Crippen LogP contribution in [0.4, 0.5) is 13.2 Å². The average molecular weight is 393 g/mol. The third-order valence-electron chi connectivity index (χ3n) is 4.05. The number of rotatable bonds is 7. The molecule has 0 saturated carbocycles. The molecule has 0 saturated heterocycles. The molecule has 148 valence electrons. The van der Waals surface area contributed by atoms with Gasteiger partial charge >= 0.3 is 6.18 Å². The quantitative estimate of drug-likeness (QED) is 0.593. The number of hydrogen-bond acceptors (Lipinski definition) is 5. The Kier molecular flexibility index (Phi) is 5.81. The lowest BCUT2D eigenvalue weighted by Crippen LogP contribution is -2.33. The third kappa shape index (κ3) is 4.59. The van der Waals surface area contributed by atoms with Crippen molar-refractivity contribution < 1.29 is 26.9 Å². The van der Waals surface area contributed by atoms with Gasteiger partial charge in [-0.2, -0.15) is 18.2 Å². The fourth-order valence-corrected chi connectivity index (χ4v) is 2.66. The van der Waals surface area contributed by atoms with Crippen LogP contribution in [-0.2, 0) is 12.6 Å². The molecule has 9 heteroatoms. The Hall–Kier alpha value is -3.10. The van der Waals surface area contributed by atoms with Gasteiger partial charge in [0.1, 0.15) is 0 Å². The Labute approximate surface area is 158 Å². The molecule has 1 aromatic carbocycles. The van der Waals surface area contributed by atoms with E-state index in [-0.39, 0.29) is 11.5 Å². The van der Waals surface area contributed by atoms with E-state index in [9.17, 15) is 18.0 Å². The summed E-state index contributed by atoms with van der Waals surface area (Å²) < 4.78 is 48.4. The van der Waals surface area contributed by atoms with E-state index >= 15 is 0 Å². The number of benzene rings is 1. The molecule has 0 spiro atoms. The van der Waals surface area contributed by atoms with E-state index in [1.807, 2.05) is 6.92 Å². The van der Waals surface area contributed by atoms with Crippen molar-refractivity contribution >= 4 is 5.91 Å². The second-order valence-corrected chi connectivity index (χ2v) is 6.11. The minimum absolute atomic E-state index is 0.197. The van der Waals surface area contributed by atoms with Gasteiger partial charge in [-0.3, -0.25) is 4.79 Å². The van der Waals surface area contributed by atoms with Gasteiger partial charge in [-0.05, 0) is 42.8 Å². The van der Waals surface area contributed by atoms with Crippen LogP contribution in [0, 0.1) is 0 Å². The van der Waals surface area contributed by atoms with E-state index in [2.05, 4.69) is 10.1 Å². The van der Waals surface area contributed by atoms with Gasteiger partial charge in [0.25, 0.3) is 5.91 Å². The molecule has 6 nitrogen and oxygen atoms in total. The first-order valence-electron chi connectivity index (χ1n) is 8.71. The van der Waals surface area contributed by atoms with Crippen LogP contribution in [0.15, 0.2) is 51.6 Å². The summed E-state index contributed by atoms with van der Waals surface area (Å²) in [7, 11) is 0. The second kappa shape index (κ2) is 8.28. The van der Waals surface area contributed by atoms with Crippen LogP contribution in [-0.4, -0.2) is 34.0 Å². The van der Waals surface area contributed by atoms with Gasteiger partial charge in [-0.25, -0.2) is 0 Å². The summed E-state index contributed by atoms with van der Waals surface area (Å²) in [5.41, 5.74) is -0.592. The lowest BCUT2D eigenvalue weighted by Gasteiger charge is -2.21. The number of hydrogen-bond donors (Lipinski definition) is 0. The number of carbonyl (C=O) groups excluding carboxylic acids is 1. The van der Waals surface area contributed by atoms with Crippen molar-refractivity contribution in [2.75, 3.05) is 13.1 Å². The highest BCUT2D eigenvalue weighted by Crippen LogP contribution is 2.29. The van der Waals surface area contributed by atoms with Crippen molar-refractivity contribution in [2.24, 2.45) is 0 Å². The molecule has 0 fully saturated rings. The largest absolute Gasteiger partial charge is 0.461 e. The van der Waals surface area contributed by atoms with E-state index in [0.29, 0.717) is 43.4 Å². The van der Waals surface area contributed by atoms with Crippen molar-refractivity contribution in [1.82, 2.24) is 15.0 Å². The molecule has 2 heterocycles. The normalized spacial score (nSPS) is 11.6. The number of halogens is 3. The lowest BCUT2D eigenvalue weighted by molar-refractivity contribution is -0.137. The van der Waals surface area contributed by atoms with Gasteiger partial charge in [-0.1, -0.05) is 12.1 Å². The van der Waals surface area contributed by atoms with E-state index in [1.54, 1.807) is 17.0 Å². The second-order valence-electron chi connectivity index (χ2n) is 6.11. The Morgan fingerprint density at radius 1 is 1.14 bits per heavy atom. The molecule has 0 bridgehead atoms. The molecule has 2 aromatic heterocycles. The van der Waals surface area contributed by atoms with Crippen LogP contribution < -0.4 is 0 Å². The molecule has 28 heavy (non-hydrogen) atoms. The van der Waals surface area contributed by atoms with Crippen molar-refractivity contribution in [1.29, 1.82) is 0 Å². The smallest absolute Gasteiger partial charge is 0.416 e. The molecule has 0 N–H and O–H groups in total. The fourth-order valence-electron chi connectivity index (χ4n) is 2.66. The van der Waals surface area contributed by atoms with E-state index < -0.39 is 11.7 Å². The molecule has 0 unspecified atom stereocenters. The van der Waals surface area contributed by atoms with Crippen molar-refractivity contribution in [3.8, 4) is 11.6 Å². The first-order valence-corrected chi connectivity index (χ1v) is 8.71. The summed E-state index contributed by atoms with van der Waals surface area (Å²) >= 11 is 0. The zero-order chi connectivity index (χ0) is 20.1. The Bertz CT molecular complexity index is 903. The average Bonchev–Trinajstić information content (AvgIpc) is 3.35. The molecular weight excluding hydrogens is 375 g/mol. The lowest BCUT2D eigenvalue weighted by atomic mass is 10.1. The zero-order valence-corrected chi connectivity index (χ0v) is 15.1. The summed E-state index contributed by atoms with van der Waals surface area (Å²) in [6.07, 6.45) is -1.92. The monoisotopic (exact) mass is 393 g/mol. The maximum atomic E-state index is 12.7. The number of aromatic nitrogens is 2. The highest BCUT2D eigenvalue weighted by atomic mass is 19.4. The fraction of sp³-hybridized carbons (Fsp3) is 0.316. The zero-order valence-electron chi connectivity index (χ0n) is 15.1. The number of furan rings is 1. The summed E-state index contributed by atoms with van der Waals surface area (Å²) in [6.45, 7) is 2.67. The molecule has 3 aromatic rings. The van der Waals surface area contributed by atoms with Crippen LogP contribution >= 0.6 is 0 Å². The SMILES string of the molecule is CCCN(CCc1nc(-c2ccco2)no1)C(=O)c1ccc(C(F)(F)F)cc1. The maximum absolute atomic E-state index is 12.7. The van der Waals surface area contributed by atoms with Crippen molar-refractivity contribution in [2.45, 2.75) is 25.9 Å². The van der Waals surface area contributed by atoms with Crippen molar-refractivity contribution in [3.63, 3.8) is 0 Å². The standard InChI is InChI=1S/C19H18F3N3O3/c1-2-10-25(18(26)13-5-7-14(8-6-13)19(20,21)22)11-9-16-23-17(24-28-16)15-4-3-12-27-15/h3-8,12H,2,9-11H2,1H3. The predicted molar refractivity (Wildman–Crippen MR) is 93.3 cm³/mol. The minimum atomic E-state index is -4.44. The summed E-state index contributed by atoms with van der Waals surface area (Å²) in [5, 5.41) is 3.83. The number of amides is 1. The summed E-state index contributed by atoms with van der Waals surface area (Å²) in [6, 6.07) is 7.60. The summed E-state index contributed by atoms with van der Waals surface area (Å²) in [5.74, 6) is 0.784. The highest BCUT2D eigenvalue weighted by molar-refractivity contribution is 5.94. The van der Waals surface area contributed by atoms with Crippen LogP contribution in [0.25, 0.3) is 11.6 Å². The third-order valence-corrected chi connectivity index (χ3v) is 4.05. The number of alkyl halides is 3. The van der Waals surface area contributed by atoms with Gasteiger partial charge in [0.15, 0.2) is 5.76 Å². The first-order chi connectivity index (χ1) is 13.4. The molecule has 1 amide bonds. The van der Waals surface area contributed by atoms with Gasteiger partial charge in [0.2, 0.25) is 11.7 Å². The minimum Gasteiger partial charge on any atom is -0.461 e. The maximum Gasteiger partial charge on any atom is 0.416 e. The molecule has 0 atom stereocenters. The van der Waals surface area contributed by atoms with E-state index in [4.69, 9.17) is 8.94 Å². The highest BCUT2D eigenvalue weighted by Gasteiger charge is 2.30. The van der Waals surface area contributed by atoms with Gasteiger partial charge in [-0.15, -0.1) is 0 Å². The van der Waals surface area contributed by atoms with Crippen LogP contribution in [0.5, 0.6) is 0 Å². The topological polar surface area (TPSA) is 72.4 Å². The predicted octanol–water partition coefficient (Wildman–Crippen LogP) is 4.44. The van der Waals surface area contributed by atoms with Crippen LogP contribution in [0.2, 0.25) is 0 Å². The number of carbonyl (C=O) groups is 1. The summed E-state index contributed by atoms with van der Waals surface area (Å²) in [4.78, 5) is 18.4. The Morgan fingerprint density at radius 2 is 1.89 bits per heavy atom. The van der Waals surface area contributed by atoms with Gasteiger partial charge in [0.05, 0.1) is 11.8 Å². The molecule has 0 radical (unpaired) electrons. The van der Waals surface area contributed by atoms with E-state index in [1.165, 1.54) is 18.4 Å². The van der Waals surface area contributed by atoms with Crippen LogP contribution in [0.1, 0.15) is 35.2 Å². The molecule has 0 aliphatic rings. The molecule has 3 rings (SSSR count). The molecule has 0 aliphatic carbocycles. The van der Waals surface area contributed by atoms with Gasteiger partial charge in [0, 0.05) is 25.1 Å². The van der Waals surface area contributed by atoms with Crippen molar-refractivity contribution in [3.05, 3.63) is 59.7 Å². The van der Waals surface area contributed by atoms with Crippen LogP contribution in [0.3, 0.4) is 0 Å².